The first-order valence-electron chi connectivity index (χ1n) is 10.0. The monoisotopic (exact) mass is 389 g/mol. The SMILES string of the molecule is O=C(NCc1cccnc1)C1C2C=C[C@@]3(CN(CCc4ccccc4)C(=O)C13)O2. The Kier molecular flexibility index (Phi) is 4.43. The number of nitrogens with one attached hydrogen (secondary N) is 1. The molecule has 0 radical (unpaired) electrons. The van der Waals surface area contributed by atoms with Crippen molar-refractivity contribution in [2.45, 2.75) is 24.7 Å². The van der Waals surface area contributed by atoms with Crippen LogP contribution in [0.3, 0.4) is 0 Å². The molecule has 29 heavy (non-hydrogen) atoms. The number of carbonyl (C=O) groups excluding carboxylic acids is 2. The maximum atomic E-state index is 13.2. The first-order chi connectivity index (χ1) is 14.2. The third-order valence-electron chi connectivity index (χ3n) is 6.18. The predicted octanol–water partition coefficient (Wildman–Crippen LogP) is 1.72. The molecular weight excluding hydrogens is 366 g/mol. The molecule has 0 saturated carbocycles. The van der Waals surface area contributed by atoms with Gasteiger partial charge < -0.3 is 15.0 Å². The van der Waals surface area contributed by atoms with Crippen molar-refractivity contribution in [3.63, 3.8) is 0 Å². The molecule has 1 aromatic carbocycles. The summed E-state index contributed by atoms with van der Waals surface area (Å²) in [6, 6.07) is 13.9. The number of pyridine rings is 1. The summed E-state index contributed by atoms with van der Waals surface area (Å²) in [6.07, 6.45) is 7.83. The lowest BCUT2D eigenvalue weighted by atomic mass is 9.77. The fourth-order valence-electron chi connectivity index (χ4n) is 4.79. The highest BCUT2D eigenvalue weighted by Crippen LogP contribution is 2.51. The van der Waals surface area contributed by atoms with E-state index in [0.29, 0.717) is 19.6 Å². The Morgan fingerprint density at radius 1 is 1.21 bits per heavy atom. The molecule has 6 nitrogen and oxygen atoms in total. The molecule has 3 unspecified atom stereocenters. The van der Waals surface area contributed by atoms with Crippen LogP contribution in [0.5, 0.6) is 0 Å². The van der Waals surface area contributed by atoms with Gasteiger partial charge in [0.1, 0.15) is 5.60 Å². The lowest BCUT2D eigenvalue weighted by Gasteiger charge is -2.23. The van der Waals surface area contributed by atoms with Gasteiger partial charge in [-0.2, -0.15) is 0 Å². The van der Waals surface area contributed by atoms with Gasteiger partial charge >= 0.3 is 0 Å². The van der Waals surface area contributed by atoms with Gasteiger partial charge in [-0.1, -0.05) is 48.6 Å². The number of likely N-dealkylation sites (tertiary alicyclic amines) is 1. The van der Waals surface area contributed by atoms with Crippen molar-refractivity contribution in [3.8, 4) is 0 Å². The van der Waals surface area contributed by atoms with Gasteiger partial charge in [-0.15, -0.1) is 0 Å². The quantitative estimate of drug-likeness (QED) is 0.764. The fourth-order valence-corrected chi connectivity index (χ4v) is 4.79. The highest BCUT2D eigenvalue weighted by Gasteiger charge is 2.66. The Balaban J connectivity index is 1.28. The molecule has 2 fully saturated rings. The molecule has 1 aromatic heterocycles. The van der Waals surface area contributed by atoms with Crippen LogP contribution >= 0.6 is 0 Å². The number of fused-ring (bicyclic) bond motifs is 1. The second-order valence-corrected chi connectivity index (χ2v) is 7.97. The van der Waals surface area contributed by atoms with Crippen molar-refractivity contribution in [1.29, 1.82) is 0 Å². The molecule has 1 N–H and O–H groups in total. The smallest absolute Gasteiger partial charge is 0.230 e. The highest BCUT2D eigenvalue weighted by molar-refractivity contribution is 5.93. The Morgan fingerprint density at radius 2 is 2.03 bits per heavy atom. The molecule has 3 aliphatic rings. The average Bonchev–Trinajstić information content (AvgIpc) is 3.40. The summed E-state index contributed by atoms with van der Waals surface area (Å²) in [5.41, 5.74) is 1.47. The molecule has 3 aliphatic heterocycles. The molecule has 0 aliphatic carbocycles. The number of aromatic nitrogens is 1. The van der Waals surface area contributed by atoms with E-state index in [-0.39, 0.29) is 17.9 Å². The maximum Gasteiger partial charge on any atom is 0.230 e. The molecule has 2 saturated heterocycles. The largest absolute Gasteiger partial charge is 0.360 e. The van der Waals surface area contributed by atoms with Gasteiger partial charge in [-0.3, -0.25) is 14.6 Å². The molecular formula is C23H23N3O3. The molecule has 1 spiro atoms. The zero-order valence-electron chi connectivity index (χ0n) is 16.0. The highest BCUT2D eigenvalue weighted by atomic mass is 16.5. The first kappa shape index (κ1) is 18.1. The normalized spacial score (nSPS) is 29.3. The van der Waals surface area contributed by atoms with Gasteiger partial charge in [0, 0.05) is 25.5 Å². The van der Waals surface area contributed by atoms with Crippen molar-refractivity contribution in [3.05, 3.63) is 78.1 Å². The Morgan fingerprint density at radius 3 is 2.83 bits per heavy atom. The van der Waals surface area contributed by atoms with E-state index >= 15 is 0 Å². The minimum atomic E-state index is -0.658. The lowest BCUT2D eigenvalue weighted by molar-refractivity contribution is -0.137. The topological polar surface area (TPSA) is 71.5 Å². The number of benzene rings is 1. The summed E-state index contributed by atoms with van der Waals surface area (Å²) in [5.74, 6) is -1.03. The van der Waals surface area contributed by atoms with Crippen LogP contribution in [0, 0.1) is 11.8 Å². The van der Waals surface area contributed by atoms with Crippen LogP contribution in [-0.4, -0.2) is 46.5 Å². The van der Waals surface area contributed by atoms with Gasteiger partial charge in [0.05, 0.1) is 24.5 Å². The van der Waals surface area contributed by atoms with E-state index in [2.05, 4.69) is 22.4 Å². The van der Waals surface area contributed by atoms with E-state index in [1.807, 2.05) is 47.4 Å². The van der Waals surface area contributed by atoms with Crippen molar-refractivity contribution in [2.24, 2.45) is 11.8 Å². The number of rotatable bonds is 6. The van der Waals surface area contributed by atoms with Crippen molar-refractivity contribution in [2.75, 3.05) is 13.1 Å². The predicted molar refractivity (Wildman–Crippen MR) is 107 cm³/mol. The Bertz CT molecular complexity index is 946. The van der Waals surface area contributed by atoms with Crippen molar-refractivity contribution < 1.29 is 14.3 Å². The summed E-state index contributed by atoms with van der Waals surface area (Å²) < 4.78 is 6.18. The number of carbonyl (C=O) groups is 2. The van der Waals surface area contributed by atoms with Gasteiger partial charge in [0.2, 0.25) is 11.8 Å². The van der Waals surface area contributed by atoms with E-state index in [9.17, 15) is 9.59 Å². The van der Waals surface area contributed by atoms with Crippen LogP contribution in [0.2, 0.25) is 0 Å². The number of nitrogens with zero attached hydrogens (tertiary/aromatic N) is 2. The van der Waals surface area contributed by atoms with Crippen molar-refractivity contribution in [1.82, 2.24) is 15.2 Å². The molecule has 2 bridgehead atoms. The fraction of sp³-hybridized carbons (Fsp3) is 0.348. The minimum absolute atomic E-state index is 0.0225. The number of amides is 2. The molecule has 5 rings (SSSR count). The van der Waals surface area contributed by atoms with Gasteiger partial charge in [0.15, 0.2) is 0 Å². The van der Waals surface area contributed by atoms with Gasteiger partial charge in [0.25, 0.3) is 0 Å². The summed E-state index contributed by atoms with van der Waals surface area (Å²) in [5, 5.41) is 2.96. The summed E-state index contributed by atoms with van der Waals surface area (Å²) in [6.45, 7) is 1.54. The summed E-state index contributed by atoms with van der Waals surface area (Å²) in [7, 11) is 0. The van der Waals surface area contributed by atoms with Crippen molar-refractivity contribution >= 4 is 11.8 Å². The van der Waals surface area contributed by atoms with Crippen LogP contribution in [-0.2, 0) is 27.3 Å². The number of hydrogen-bond acceptors (Lipinski definition) is 4. The second-order valence-electron chi connectivity index (χ2n) is 7.97. The van der Waals surface area contributed by atoms with E-state index in [1.165, 1.54) is 5.56 Å². The van der Waals surface area contributed by atoms with Crippen LogP contribution in [0.25, 0.3) is 0 Å². The molecule has 2 amide bonds. The zero-order valence-corrected chi connectivity index (χ0v) is 16.0. The minimum Gasteiger partial charge on any atom is -0.360 e. The standard InChI is InChI=1S/C23H23N3O3/c27-21(25-14-17-7-4-11-24-13-17)19-18-8-10-23(29-18)15-26(22(28)20(19)23)12-9-16-5-2-1-3-6-16/h1-8,10-11,13,18-20H,9,12,14-15H2,(H,25,27)/t18?,19?,20?,23-/m0/s1. The maximum absolute atomic E-state index is 13.2. The van der Waals surface area contributed by atoms with Gasteiger partial charge in [-0.05, 0) is 23.6 Å². The molecule has 4 atom stereocenters. The second kappa shape index (κ2) is 7.12. The third-order valence-corrected chi connectivity index (χ3v) is 6.18. The molecule has 148 valence electrons. The van der Waals surface area contributed by atoms with Crippen LogP contribution in [0.1, 0.15) is 11.1 Å². The summed E-state index contributed by atoms with van der Waals surface area (Å²) >= 11 is 0. The zero-order chi connectivity index (χ0) is 19.8. The van der Waals surface area contributed by atoms with E-state index in [4.69, 9.17) is 4.74 Å². The van der Waals surface area contributed by atoms with E-state index < -0.39 is 17.4 Å². The van der Waals surface area contributed by atoms with Crippen LogP contribution in [0.15, 0.2) is 67.0 Å². The third kappa shape index (κ3) is 3.13. The Hall–Kier alpha value is -2.99. The number of hydrogen-bond donors (Lipinski definition) is 1. The lowest BCUT2D eigenvalue weighted by Crippen LogP contribution is -2.44. The first-order valence-corrected chi connectivity index (χ1v) is 10.0. The average molecular weight is 389 g/mol. The molecule has 4 heterocycles. The van der Waals surface area contributed by atoms with E-state index in [0.717, 1.165) is 12.0 Å². The summed E-state index contributed by atoms with van der Waals surface area (Å²) in [4.78, 5) is 32.1. The van der Waals surface area contributed by atoms with Crippen LogP contribution < -0.4 is 5.32 Å². The van der Waals surface area contributed by atoms with Gasteiger partial charge in [-0.25, -0.2) is 0 Å². The van der Waals surface area contributed by atoms with Crippen LogP contribution in [0.4, 0.5) is 0 Å². The Labute approximate surface area is 169 Å². The van der Waals surface area contributed by atoms with E-state index in [1.54, 1.807) is 12.4 Å². The molecule has 2 aromatic rings. The molecule has 6 heteroatoms. The number of ether oxygens (including phenoxy) is 1.